The van der Waals surface area contributed by atoms with E-state index in [2.05, 4.69) is 11.2 Å². The van der Waals surface area contributed by atoms with Gasteiger partial charge < -0.3 is 9.11 Å². The number of hydrogen-bond donors (Lipinski definition) is 2. The fourth-order valence-electron chi connectivity index (χ4n) is 0. The lowest BCUT2D eigenvalue weighted by Crippen LogP contribution is -2.23. The predicted octanol–water partition coefficient (Wildman–Crippen LogP) is 0.344. The molecule has 6 heavy (non-hydrogen) atoms. The molecule has 0 aliphatic heterocycles. The second-order valence-corrected chi connectivity index (χ2v) is 8.00. The second kappa shape index (κ2) is 1.01. The Labute approximate surface area is 41.7 Å². The topological polar surface area (TPSA) is 40.5 Å². The number of rotatable bonds is 0. The summed E-state index contributed by atoms with van der Waals surface area (Å²) in [5.41, 5.74) is 0. The summed E-state index contributed by atoms with van der Waals surface area (Å²) in [5.74, 6) is 0. The third-order valence-electron chi connectivity index (χ3n) is 0. The van der Waals surface area contributed by atoms with Crippen LogP contribution in [0.5, 0.6) is 0 Å². The van der Waals surface area contributed by atoms with Gasteiger partial charge in [0.25, 0.3) is 0 Å². The van der Waals surface area contributed by atoms with Crippen molar-refractivity contribution in [3.63, 3.8) is 0 Å². The summed E-state index contributed by atoms with van der Waals surface area (Å²) in [6.07, 6.45) is 2.49. The van der Waals surface area contributed by atoms with Crippen LogP contribution in [0.1, 0.15) is 0 Å². The van der Waals surface area contributed by atoms with Crippen LogP contribution in [-0.2, 0) is 19.5 Å². The van der Waals surface area contributed by atoms with Crippen molar-refractivity contribution in [2.45, 2.75) is 0 Å². The van der Waals surface area contributed by atoms with Gasteiger partial charge in [-0.2, -0.15) is 8.28 Å². The molecule has 0 aromatic carbocycles. The highest BCUT2D eigenvalue weighted by Crippen LogP contribution is 2.02. The van der Waals surface area contributed by atoms with Gasteiger partial charge in [-0.05, 0) is 0 Å². The van der Waals surface area contributed by atoms with E-state index in [1.165, 1.54) is 12.5 Å². The lowest BCUT2D eigenvalue weighted by Gasteiger charge is -2.29. The highest BCUT2D eigenvalue weighted by Gasteiger charge is 1.97. The molecule has 4 heteroatoms. The van der Waals surface area contributed by atoms with Crippen molar-refractivity contribution in [1.29, 1.82) is 0 Å². The maximum Gasteiger partial charge on any atom is 0.0234 e. The molecule has 0 aromatic heterocycles. The first-order valence-electron chi connectivity index (χ1n) is 1.35. The van der Waals surface area contributed by atoms with Gasteiger partial charge >= 0.3 is 0 Å². The molecule has 0 atom stereocenters. The third-order valence-corrected chi connectivity index (χ3v) is 0. The summed E-state index contributed by atoms with van der Waals surface area (Å²) in [5, 5.41) is 0. The smallest absolute Gasteiger partial charge is 0.0234 e. The Balaban J connectivity index is 4.16. The van der Waals surface area contributed by atoms with E-state index in [1.807, 2.05) is 0 Å². The van der Waals surface area contributed by atoms with Crippen LogP contribution in [0, 0.1) is 0 Å². The minimum atomic E-state index is -3.27. The van der Waals surface area contributed by atoms with Crippen LogP contribution in [0.4, 0.5) is 0 Å². The summed E-state index contributed by atoms with van der Waals surface area (Å²) in [7, 11) is -3.27. The van der Waals surface area contributed by atoms with Gasteiger partial charge in [-0.1, -0.05) is 0 Å². The van der Waals surface area contributed by atoms with Crippen LogP contribution < -0.4 is 0 Å². The van der Waals surface area contributed by atoms with Crippen LogP contribution in [0.25, 0.3) is 0 Å². The minimum absolute atomic E-state index is 1.24. The molecule has 2 N–H and O–H groups in total. The molecular weight excluding hydrogens is 120 g/mol. The lowest BCUT2D eigenvalue weighted by atomic mass is 11.9. The molecule has 0 aliphatic carbocycles. The average Bonchev–Trinajstić information content (AvgIpc) is 0.650. The van der Waals surface area contributed by atoms with Crippen molar-refractivity contribution < 1.29 is 9.11 Å². The van der Waals surface area contributed by atoms with Crippen molar-refractivity contribution in [2.75, 3.05) is 12.5 Å². The van der Waals surface area contributed by atoms with E-state index in [4.69, 9.17) is 9.11 Å². The van der Waals surface area contributed by atoms with Gasteiger partial charge in [0.1, 0.15) is 0 Å². The van der Waals surface area contributed by atoms with Crippen LogP contribution in [-0.4, -0.2) is 21.6 Å². The minimum Gasteiger partial charge on any atom is -0.302 e. The molecular formula is C2H8O2S2. The molecule has 0 bridgehead atoms. The summed E-state index contributed by atoms with van der Waals surface area (Å²) < 4.78 is 16.9. The molecule has 0 radical (unpaired) electrons. The quantitative estimate of drug-likeness (QED) is 0.494. The zero-order valence-electron chi connectivity index (χ0n) is 3.71. The van der Waals surface area contributed by atoms with Gasteiger partial charge in [-0.15, -0.1) is 0 Å². The van der Waals surface area contributed by atoms with Crippen molar-refractivity contribution >= 4 is 19.5 Å². The zero-order valence-corrected chi connectivity index (χ0v) is 5.34. The highest BCUT2D eigenvalue weighted by atomic mass is 32.9. The Hall–Kier alpha value is 0.490. The molecule has 0 saturated carbocycles. The molecule has 0 amide bonds. The van der Waals surface area contributed by atoms with Gasteiger partial charge in [0, 0.05) is 23.7 Å². The van der Waals surface area contributed by atoms with Crippen molar-refractivity contribution in [1.82, 2.24) is 0 Å². The first kappa shape index (κ1) is 6.49. The highest BCUT2D eigenvalue weighted by molar-refractivity contribution is 8.44. The molecule has 0 aromatic rings. The Morgan fingerprint density at radius 2 is 1.33 bits per heavy atom. The third kappa shape index (κ3) is 228. The first-order valence-corrected chi connectivity index (χ1v) is 5.04. The van der Waals surface area contributed by atoms with E-state index in [0.29, 0.717) is 0 Å². The molecule has 2 nitrogen and oxygen atoms in total. The molecule has 0 spiro atoms. The fourth-order valence-corrected chi connectivity index (χ4v) is 0. The van der Waals surface area contributed by atoms with Gasteiger partial charge in [-0.25, -0.2) is 0 Å². The van der Waals surface area contributed by atoms with E-state index in [1.54, 1.807) is 0 Å². The molecule has 0 aliphatic rings. The van der Waals surface area contributed by atoms with E-state index in [0.717, 1.165) is 0 Å². The molecule has 0 heterocycles. The van der Waals surface area contributed by atoms with Crippen LogP contribution in [0.2, 0.25) is 0 Å². The molecule has 0 saturated heterocycles. The molecule has 0 unspecified atom stereocenters. The van der Waals surface area contributed by atoms with Gasteiger partial charge in [-0.3, -0.25) is 0 Å². The monoisotopic (exact) mass is 128 g/mol. The molecule has 40 valence electrons. The first-order chi connectivity index (χ1) is 2.24. The summed E-state index contributed by atoms with van der Waals surface area (Å²) in [6, 6.07) is 0. The maximum atomic E-state index is 8.46. The Morgan fingerprint density at radius 1 is 1.33 bits per heavy atom. The normalized spacial score (nSPS) is 19.0. The van der Waals surface area contributed by atoms with Crippen molar-refractivity contribution in [2.24, 2.45) is 0 Å². The largest absolute Gasteiger partial charge is 0.302 e. The van der Waals surface area contributed by atoms with Crippen LogP contribution in [0.3, 0.4) is 0 Å². The molecule has 0 fully saturated rings. The van der Waals surface area contributed by atoms with Crippen molar-refractivity contribution in [3.8, 4) is 0 Å². The van der Waals surface area contributed by atoms with Gasteiger partial charge in [0.15, 0.2) is 0 Å². The van der Waals surface area contributed by atoms with E-state index in [9.17, 15) is 0 Å². The van der Waals surface area contributed by atoms with Crippen molar-refractivity contribution in [3.05, 3.63) is 0 Å². The second-order valence-electron chi connectivity index (χ2n) is 1.70. The summed E-state index contributed by atoms with van der Waals surface area (Å²) >= 11 is 4.25. The Morgan fingerprint density at radius 3 is 1.33 bits per heavy atom. The number of hydrogen-bond acceptors (Lipinski definition) is 1. The van der Waals surface area contributed by atoms with E-state index >= 15 is 0 Å². The lowest BCUT2D eigenvalue weighted by molar-refractivity contribution is 0.488. The maximum absolute atomic E-state index is 8.46. The molecule has 0 rings (SSSR count). The average molecular weight is 128 g/mol. The van der Waals surface area contributed by atoms with E-state index < -0.39 is 8.28 Å². The zero-order chi connectivity index (χ0) is 5.45. The SMILES string of the molecule is CS(C)(O)(O)=S. The summed E-state index contributed by atoms with van der Waals surface area (Å²) in [6.45, 7) is 0. The fraction of sp³-hybridized carbons (Fsp3) is 1.00. The Kier molecular flexibility index (Phi) is 1.09. The van der Waals surface area contributed by atoms with Crippen LogP contribution >= 0.6 is 0 Å². The van der Waals surface area contributed by atoms with E-state index in [-0.39, 0.29) is 0 Å². The summed E-state index contributed by atoms with van der Waals surface area (Å²) in [4.78, 5) is 0. The van der Waals surface area contributed by atoms with Crippen LogP contribution in [0.15, 0.2) is 0 Å². The van der Waals surface area contributed by atoms with Gasteiger partial charge in [0.05, 0.1) is 0 Å². The Bertz CT molecular complexity index is 87.2. The standard InChI is InChI=1S/C2H8O2S2/c1-6(2,3,4)5/h1-2H3,(H2,3,4,5). The predicted molar refractivity (Wildman–Crippen MR) is 31.8 cm³/mol. The van der Waals surface area contributed by atoms with Gasteiger partial charge in [0.2, 0.25) is 0 Å².